The Labute approximate surface area is 407 Å². The molecule has 0 aromatic carbocycles. The number of hydrogen-bond acceptors (Lipinski definition) is 5. The topological polar surface area (TPSA) is 61.8 Å². The number of allylic oxidation sites excluding steroid dienone is 20. The molecule has 66 heavy (non-hydrogen) atoms. The van der Waals surface area contributed by atoms with Crippen LogP contribution in [0, 0.1) is 0 Å². The molecule has 0 saturated heterocycles. The highest BCUT2D eigenvalue weighted by atomic mass is 16.6. The summed E-state index contributed by atoms with van der Waals surface area (Å²) in [6, 6.07) is 0. The first-order valence-corrected chi connectivity index (χ1v) is 27.1. The number of carbonyl (C=O) groups excluding carboxylic acids is 2. The summed E-state index contributed by atoms with van der Waals surface area (Å²) in [4.78, 5) is 25.5. The van der Waals surface area contributed by atoms with E-state index in [4.69, 9.17) is 14.2 Å². The van der Waals surface area contributed by atoms with Gasteiger partial charge in [-0.05, 0) is 128 Å². The van der Waals surface area contributed by atoms with E-state index in [1.54, 1.807) is 0 Å². The van der Waals surface area contributed by atoms with Gasteiger partial charge in [-0.1, -0.05) is 206 Å². The molecule has 0 aliphatic carbocycles. The van der Waals surface area contributed by atoms with Crippen molar-refractivity contribution in [3.63, 3.8) is 0 Å². The Kier molecular flexibility index (Phi) is 52.5. The molecular weight excluding hydrogens is 813 g/mol. The van der Waals surface area contributed by atoms with Crippen molar-refractivity contribution < 1.29 is 23.8 Å². The molecule has 0 fully saturated rings. The minimum atomic E-state index is -0.580. The summed E-state index contributed by atoms with van der Waals surface area (Å²) < 4.78 is 17.4. The van der Waals surface area contributed by atoms with E-state index in [2.05, 4.69) is 142 Å². The second-order valence-electron chi connectivity index (χ2n) is 17.4. The molecule has 374 valence electrons. The Hall–Kier alpha value is -3.70. The van der Waals surface area contributed by atoms with Gasteiger partial charge < -0.3 is 14.2 Å². The summed E-state index contributed by atoms with van der Waals surface area (Å²) in [5, 5.41) is 0. The van der Waals surface area contributed by atoms with Crippen LogP contribution in [0.15, 0.2) is 122 Å². The van der Waals surface area contributed by atoms with Gasteiger partial charge in [0.1, 0.15) is 6.61 Å². The number of hydrogen-bond donors (Lipinski definition) is 0. The zero-order valence-electron chi connectivity index (χ0n) is 42.9. The van der Waals surface area contributed by atoms with Crippen molar-refractivity contribution in [1.82, 2.24) is 0 Å². The Morgan fingerprint density at radius 3 is 1.12 bits per heavy atom. The van der Waals surface area contributed by atoms with Gasteiger partial charge >= 0.3 is 11.9 Å². The van der Waals surface area contributed by atoms with Crippen molar-refractivity contribution in [3.8, 4) is 0 Å². The molecule has 0 N–H and O–H groups in total. The Morgan fingerprint density at radius 2 is 0.682 bits per heavy atom. The highest BCUT2D eigenvalue weighted by Crippen LogP contribution is 2.13. The van der Waals surface area contributed by atoms with Crippen molar-refractivity contribution >= 4 is 11.9 Å². The monoisotopic (exact) mass is 913 g/mol. The highest BCUT2D eigenvalue weighted by Gasteiger charge is 2.17. The third kappa shape index (κ3) is 52.9. The summed E-state index contributed by atoms with van der Waals surface area (Å²) in [5.41, 5.74) is 0. The minimum absolute atomic E-state index is 0.0491. The second-order valence-corrected chi connectivity index (χ2v) is 17.4. The zero-order valence-corrected chi connectivity index (χ0v) is 42.9. The number of rotatable bonds is 48. The molecule has 0 spiro atoms. The lowest BCUT2D eigenvalue weighted by Gasteiger charge is -2.18. The van der Waals surface area contributed by atoms with Gasteiger partial charge in [-0.2, -0.15) is 0 Å². The molecule has 5 heteroatoms. The van der Waals surface area contributed by atoms with Crippen LogP contribution in [0.1, 0.15) is 226 Å². The average molecular weight is 913 g/mol. The molecule has 0 radical (unpaired) electrons. The highest BCUT2D eigenvalue weighted by molar-refractivity contribution is 5.70. The molecule has 0 aliphatic rings. The van der Waals surface area contributed by atoms with Gasteiger partial charge in [0.05, 0.1) is 6.61 Å². The normalized spacial score (nSPS) is 13.2. The van der Waals surface area contributed by atoms with Gasteiger partial charge in [0.2, 0.25) is 0 Å². The van der Waals surface area contributed by atoms with Crippen LogP contribution < -0.4 is 0 Å². The molecule has 0 aromatic rings. The van der Waals surface area contributed by atoms with Crippen LogP contribution in [0.2, 0.25) is 0 Å². The fourth-order valence-electron chi connectivity index (χ4n) is 6.99. The van der Waals surface area contributed by atoms with Crippen LogP contribution in [0.4, 0.5) is 0 Å². The van der Waals surface area contributed by atoms with Gasteiger partial charge in [0, 0.05) is 19.4 Å². The fourth-order valence-corrected chi connectivity index (χ4v) is 6.99. The minimum Gasteiger partial charge on any atom is -0.462 e. The fraction of sp³-hybridized carbons (Fsp3) is 0.639. The lowest BCUT2D eigenvalue weighted by Crippen LogP contribution is -2.30. The van der Waals surface area contributed by atoms with E-state index in [1.807, 2.05) is 0 Å². The zero-order chi connectivity index (χ0) is 47.7. The van der Waals surface area contributed by atoms with Crippen molar-refractivity contribution in [2.75, 3.05) is 19.8 Å². The predicted octanol–water partition coefficient (Wildman–Crippen LogP) is 18.6. The van der Waals surface area contributed by atoms with E-state index < -0.39 is 6.10 Å². The van der Waals surface area contributed by atoms with Crippen LogP contribution in [0.3, 0.4) is 0 Å². The third-order valence-corrected chi connectivity index (χ3v) is 11.0. The smallest absolute Gasteiger partial charge is 0.306 e. The van der Waals surface area contributed by atoms with Crippen molar-refractivity contribution in [2.24, 2.45) is 0 Å². The average Bonchev–Trinajstić information content (AvgIpc) is 3.32. The molecule has 0 aliphatic heterocycles. The standard InChI is InChI=1S/C61H100O5/c1-4-7-10-13-16-19-22-25-28-30-32-35-38-41-44-47-50-53-56-64-57-59(66-61(63)55-52-49-46-43-40-37-33-27-24-21-18-15-12-9-6-3)58-65-60(62)54-51-48-45-42-39-36-34-31-29-26-23-20-17-14-11-8-5-2/h7,9-10,12,16-21,25-29,32-33,35,40,43,59H,4-6,8,11,13-15,22-24,30-31,34,36-39,41-42,44-58H2,1-3H3/b10-7-,12-9-,19-16-,20-17-,21-18-,28-25-,29-26-,33-27-,35-32-,43-40-. The SMILES string of the molecule is CC/C=C\C/C=C\C/C=C\C/C=C\CCCCCCCOCC(COC(=O)CCCCCCCCC/C=C\C/C=C\CCCCC)OC(=O)CCCC/C=C\C/C=C\C/C=C\C/C=C\CC. The summed E-state index contributed by atoms with van der Waals surface area (Å²) in [6.45, 7) is 7.47. The van der Waals surface area contributed by atoms with E-state index in [-0.39, 0.29) is 25.2 Å². The van der Waals surface area contributed by atoms with Gasteiger partial charge in [-0.25, -0.2) is 0 Å². The van der Waals surface area contributed by atoms with E-state index >= 15 is 0 Å². The summed E-state index contributed by atoms with van der Waals surface area (Å²) in [5.74, 6) is -0.471. The van der Waals surface area contributed by atoms with Crippen LogP contribution in [-0.2, 0) is 23.8 Å². The van der Waals surface area contributed by atoms with Crippen LogP contribution in [-0.4, -0.2) is 37.9 Å². The number of ether oxygens (including phenoxy) is 3. The Balaban J connectivity index is 4.41. The molecule has 0 rings (SSSR count). The van der Waals surface area contributed by atoms with Crippen LogP contribution >= 0.6 is 0 Å². The number of carbonyl (C=O) groups is 2. The van der Waals surface area contributed by atoms with E-state index in [1.165, 1.54) is 70.6 Å². The summed E-state index contributed by atoms with van der Waals surface area (Å²) in [6.07, 6.45) is 77.8. The van der Waals surface area contributed by atoms with E-state index in [0.29, 0.717) is 19.4 Å². The van der Waals surface area contributed by atoms with Crippen molar-refractivity contribution in [1.29, 1.82) is 0 Å². The maximum absolute atomic E-state index is 12.8. The number of esters is 2. The van der Waals surface area contributed by atoms with Crippen molar-refractivity contribution in [2.45, 2.75) is 232 Å². The largest absolute Gasteiger partial charge is 0.462 e. The van der Waals surface area contributed by atoms with E-state index in [9.17, 15) is 9.59 Å². The Bertz CT molecular complexity index is 1350. The predicted molar refractivity (Wildman–Crippen MR) is 288 cm³/mol. The maximum atomic E-state index is 12.8. The maximum Gasteiger partial charge on any atom is 0.306 e. The van der Waals surface area contributed by atoms with Gasteiger partial charge in [0.15, 0.2) is 6.10 Å². The first-order chi connectivity index (χ1) is 32.6. The van der Waals surface area contributed by atoms with E-state index in [0.717, 1.165) is 122 Å². The Morgan fingerprint density at radius 1 is 0.348 bits per heavy atom. The number of unbranched alkanes of at least 4 members (excludes halogenated alkanes) is 17. The second kappa shape index (κ2) is 55.6. The molecule has 0 aromatic heterocycles. The lowest BCUT2D eigenvalue weighted by molar-refractivity contribution is -0.163. The van der Waals surface area contributed by atoms with Crippen LogP contribution in [0.5, 0.6) is 0 Å². The van der Waals surface area contributed by atoms with Gasteiger partial charge in [-0.15, -0.1) is 0 Å². The summed E-state index contributed by atoms with van der Waals surface area (Å²) >= 11 is 0. The lowest BCUT2D eigenvalue weighted by atomic mass is 10.1. The van der Waals surface area contributed by atoms with Gasteiger partial charge in [-0.3, -0.25) is 9.59 Å². The third-order valence-electron chi connectivity index (χ3n) is 11.0. The molecule has 0 heterocycles. The quantitative estimate of drug-likeness (QED) is 0.0346. The van der Waals surface area contributed by atoms with Crippen molar-refractivity contribution in [3.05, 3.63) is 122 Å². The van der Waals surface area contributed by atoms with Crippen LogP contribution in [0.25, 0.3) is 0 Å². The molecule has 5 nitrogen and oxygen atoms in total. The molecule has 1 atom stereocenters. The molecule has 0 bridgehead atoms. The molecule has 0 amide bonds. The van der Waals surface area contributed by atoms with Gasteiger partial charge in [0.25, 0.3) is 0 Å². The summed E-state index contributed by atoms with van der Waals surface area (Å²) in [7, 11) is 0. The first kappa shape index (κ1) is 62.3. The molecule has 1 unspecified atom stereocenters. The first-order valence-electron chi connectivity index (χ1n) is 27.1. The molecular formula is C61H100O5. The molecule has 0 saturated carbocycles.